The summed E-state index contributed by atoms with van der Waals surface area (Å²) in [4.78, 5) is 14.1. The zero-order valence-corrected chi connectivity index (χ0v) is 10.7. The summed E-state index contributed by atoms with van der Waals surface area (Å²) in [7, 11) is 3.73. The molecular formula is C13H15FN4. The van der Waals surface area contributed by atoms with Gasteiger partial charge in [0.2, 0.25) is 0 Å². The van der Waals surface area contributed by atoms with E-state index in [1.165, 1.54) is 6.33 Å². The fourth-order valence-electron chi connectivity index (χ4n) is 1.78. The summed E-state index contributed by atoms with van der Waals surface area (Å²) < 4.78 is 14.2. The molecule has 2 heterocycles. The molecule has 0 radical (unpaired) electrons. The molecule has 0 unspecified atom stereocenters. The molecular weight excluding hydrogens is 231 g/mol. The van der Waals surface area contributed by atoms with Crippen LogP contribution in [0.5, 0.6) is 0 Å². The Morgan fingerprint density at radius 2 is 2.00 bits per heavy atom. The van der Waals surface area contributed by atoms with Gasteiger partial charge in [-0.2, -0.15) is 0 Å². The molecule has 2 aromatic heterocycles. The smallest absolute Gasteiger partial charge is 0.171 e. The van der Waals surface area contributed by atoms with Crippen LogP contribution in [0.1, 0.15) is 12.6 Å². The number of pyridine rings is 1. The van der Waals surface area contributed by atoms with Gasteiger partial charge in [-0.05, 0) is 18.6 Å². The summed E-state index contributed by atoms with van der Waals surface area (Å²) in [6.45, 7) is 1.87. The van der Waals surface area contributed by atoms with Crippen molar-refractivity contribution in [1.82, 2.24) is 15.0 Å². The summed E-state index contributed by atoms with van der Waals surface area (Å²) in [6.07, 6.45) is 3.61. The van der Waals surface area contributed by atoms with Crippen LogP contribution in [0.2, 0.25) is 0 Å². The molecule has 2 aromatic rings. The van der Waals surface area contributed by atoms with Crippen LogP contribution in [0.3, 0.4) is 0 Å². The number of hydrogen-bond donors (Lipinski definition) is 0. The molecule has 94 valence electrons. The number of hydrogen-bond acceptors (Lipinski definition) is 4. The third-order valence-corrected chi connectivity index (χ3v) is 2.66. The van der Waals surface area contributed by atoms with Gasteiger partial charge in [0.15, 0.2) is 5.82 Å². The molecule has 0 atom stereocenters. The highest BCUT2D eigenvalue weighted by Crippen LogP contribution is 2.28. The van der Waals surface area contributed by atoms with Crippen LogP contribution in [0.4, 0.5) is 10.2 Å². The highest BCUT2D eigenvalue weighted by atomic mass is 19.1. The molecule has 0 amide bonds. The minimum Gasteiger partial charge on any atom is -0.362 e. The lowest BCUT2D eigenvalue weighted by atomic mass is 10.1. The Hall–Kier alpha value is -2.04. The van der Waals surface area contributed by atoms with Crippen molar-refractivity contribution in [1.29, 1.82) is 0 Å². The maximum absolute atomic E-state index is 14.2. The molecule has 0 N–H and O–H groups in total. The van der Waals surface area contributed by atoms with E-state index in [1.807, 2.05) is 32.0 Å². The van der Waals surface area contributed by atoms with Crippen LogP contribution in [0.25, 0.3) is 11.3 Å². The van der Waals surface area contributed by atoms with Crippen molar-refractivity contribution >= 4 is 5.82 Å². The SMILES string of the molecule is CCc1ncnc(-c2cccnc2N(C)C)c1F. The largest absolute Gasteiger partial charge is 0.362 e. The molecule has 0 spiro atoms. The second-order valence-electron chi connectivity index (χ2n) is 4.11. The minimum atomic E-state index is -0.365. The zero-order chi connectivity index (χ0) is 13.1. The number of aromatic nitrogens is 3. The fraction of sp³-hybridized carbons (Fsp3) is 0.308. The van der Waals surface area contributed by atoms with Crippen molar-refractivity contribution in [3.8, 4) is 11.3 Å². The van der Waals surface area contributed by atoms with Crippen molar-refractivity contribution in [2.45, 2.75) is 13.3 Å². The highest BCUT2D eigenvalue weighted by molar-refractivity contribution is 5.73. The molecule has 18 heavy (non-hydrogen) atoms. The number of rotatable bonds is 3. The molecule has 0 fully saturated rings. The van der Waals surface area contributed by atoms with Crippen LogP contribution in [-0.4, -0.2) is 29.0 Å². The Kier molecular flexibility index (Phi) is 3.50. The molecule has 0 saturated carbocycles. The Bertz CT molecular complexity index is 554. The average molecular weight is 246 g/mol. The van der Waals surface area contributed by atoms with Gasteiger partial charge in [-0.1, -0.05) is 6.92 Å². The van der Waals surface area contributed by atoms with E-state index in [0.29, 0.717) is 29.2 Å². The lowest BCUT2D eigenvalue weighted by molar-refractivity contribution is 0.598. The lowest BCUT2D eigenvalue weighted by Crippen LogP contribution is -2.12. The van der Waals surface area contributed by atoms with Gasteiger partial charge in [-0.3, -0.25) is 0 Å². The topological polar surface area (TPSA) is 41.9 Å². The van der Waals surface area contributed by atoms with Crippen LogP contribution in [-0.2, 0) is 6.42 Å². The molecule has 4 nitrogen and oxygen atoms in total. The third-order valence-electron chi connectivity index (χ3n) is 2.66. The van der Waals surface area contributed by atoms with Crippen molar-refractivity contribution in [2.24, 2.45) is 0 Å². The Labute approximate surface area is 106 Å². The quantitative estimate of drug-likeness (QED) is 0.833. The Morgan fingerprint density at radius 1 is 1.22 bits per heavy atom. The summed E-state index contributed by atoms with van der Waals surface area (Å²) in [6, 6.07) is 3.59. The number of anilines is 1. The van der Waals surface area contributed by atoms with Gasteiger partial charge < -0.3 is 4.90 Å². The van der Waals surface area contributed by atoms with Crippen molar-refractivity contribution in [3.63, 3.8) is 0 Å². The van der Waals surface area contributed by atoms with E-state index in [0.717, 1.165) is 0 Å². The molecule has 0 saturated heterocycles. The number of nitrogens with zero attached hydrogens (tertiary/aromatic N) is 4. The van der Waals surface area contributed by atoms with Gasteiger partial charge in [-0.15, -0.1) is 0 Å². The molecule has 0 aliphatic heterocycles. The molecule has 0 aromatic carbocycles. The van der Waals surface area contributed by atoms with Gasteiger partial charge in [0.1, 0.15) is 17.8 Å². The predicted molar refractivity (Wildman–Crippen MR) is 68.9 cm³/mol. The lowest BCUT2D eigenvalue weighted by Gasteiger charge is -2.15. The summed E-state index contributed by atoms with van der Waals surface area (Å²) >= 11 is 0. The van der Waals surface area contributed by atoms with E-state index in [2.05, 4.69) is 15.0 Å². The second-order valence-corrected chi connectivity index (χ2v) is 4.11. The van der Waals surface area contributed by atoms with Crippen LogP contribution in [0, 0.1) is 5.82 Å². The normalized spacial score (nSPS) is 10.4. The first kappa shape index (κ1) is 12.4. The van der Waals surface area contributed by atoms with E-state index in [4.69, 9.17) is 0 Å². The van der Waals surface area contributed by atoms with Crippen molar-refractivity contribution in [2.75, 3.05) is 19.0 Å². The number of aryl methyl sites for hydroxylation is 1. The molecule has 0 bridgehead atoms. The molecule has 5 heteroatoms. The van der Waals surface area contributed by atoms with Crippen molar-refractivity contribution in [3.05, 3.63) is 36.2 Å². The van der Waals surface area contributed by atoms with Gasteiger partial charge >= 0.3 is 0 Å². The van der Waals surface area contributed by atoms with E-state index >= 15 is 0 Å². The first-order valence-electron chi connectivity index (χ1n) is 5.77. The maximum Gasteiger partial charge on any atom is 0.171 e. The first-order valence-corrected chi connectivity index (χ1v) is 5.77. The molecule has 0 aliphatic carbocycles. The Balaban J connectivity index is 2.62. The van der Waals surface area contributed by atoms with Crippen LogP contribution in [0.15, 0.2) is 24.7 Å². The number of halogens is 1. The first-order chi connectivity index (χ1) is 8.65. The predicted octanol–water partition coefficient (Wildman–Crippen LogP) is 2.31. The van der Waals surface area contributed by atoms with Gasteiger partial charge in [0.25, 0.3) is 0 Å². The van der Waals surface area contributed by atoms with Gasteiger partial charge in [0, 0.05) is 25.9 Å². The van der Waals surface area contributed by atoms with E-state index in [-0.39, 0.29) is 5.82 Å². The third kappa shape index (κ3) is 2.16. The van der Waals surface area contributed by atoms with E-state index in [1.54, 1.807) is 12.3 Å². The monoisotopic (exact) mass is 246 g/mol. The fourth-order valence-corrected chi connectivity index (χ4v) is 1.78. The van der Waals surface area contributed by atoms with Crippen LogP contribution < -0.4 is 4.90 Å². The average Bonchev–Trinajstić information content (AvgIpc) is 2.39. The zero-order valence-electron chi connectivity index (χ0n) is 10.7. The van der Waals surface area contributed by atoms with E-state index < -0.39 is 0 Å². The maximum atomic E-state index is 14.2. The second kappa shape index (κ2) is 5.08. The van der Waals surface area contributed by atoms with Crippen LogP contribution >= 0.6 is 0 Å². The molecule has 2 rings (SSSR count). The Morgan fingerprint density at radius 3 is 2.67 bits per heavy atom. The standard InChI is InChI=1S/C13H15FN4/c1-4-10-11(14)12(17-8-16-10)9-6-5-7-15-13(9)18(2)3/h5-8H,4H2,1-3H3. The summed E-state index contributed by atoms with van der Waals surface area (Å²) in [5.74, 6) is 0.327. The summed E-state index contributed by atoms with van der Waals surface area (Å²) in [5.41, 5.74) is 1.41. The van der Waals surface area contributed by atoms with Crippen molar-refractivity contribution < 1.29 is 4.39 Å². The summed E-state index contributed by atoms with van der Waals surface area (Å²) in [5, 5.41) is 0. The van der Waals surface area contributed by atoms with E-state index in [9.17, 15) is 4.39 Å². The van der Waals surface area contributed by atoms with Gasteiger partial charge in [-0.25, -0.2) is 19.3 Å². The molecule has 0 aliphatic rings. The minimum absolute atomic E-state index is 0.304. The highest BCUT2D eigenvalue weighted by Gasteiger charge is 2.16. The van der Waals surface area contributed by atoms with Gasteiger partial charge in [0.05, 0.1) is 5.69 Å².